The molecule has 1 aliphatic rings. The number of nitrogens with one attached hydrogen (secondary N) is 1. The van der Waals surface area contributed by atoms with Crippen molar-refractivity contribution in [1.82, 2.24) is 5.32 Å². The Kier molecular flexibility index (Phi) is 6.20. The molecule has 1 N–H and O–H groups in total. The Balaban J connectivity index is 1.84. The van der Waals surface area contributed by atoms with Crippen LogP contribution in [0.3, 0.4) is 0 Å². The van der Waals surface area contributed by atoms with Crippen LogP contribution in [0, 0.1) is 5.92 Å². The molecule has 0 heterocycles. The molecule has 2 nitrogen and oxygen atoms in total. The van der Waals surface area contributed by atoms with Crippen LogP contribution >= 0.6 is 0 Å². The SMILES string of the molecule is CCC(C)NCCOCC1CCCC1. The normalized spacial score (nSPS) is 20.1. The first-order valence-electron chi connectivity index (χ1n) is 6.14. The maximum Gasteiger partial charge on any atom is 0.0591 e. The monoisotopic (exact) mass is 199 g/mol. The molecule has 0 aliphatic heterocycles. The minimum Gasteiger partial charge on any atom is -0.380 e. The van der Waals surface area contributed by atoms with Gasteiger partial charge < -0.3 is 10.1 Å². The third kappa shape index (κ3) is 4.97. The van der Waals surface area contributed by atoms with Crippen molar-refractivity contribution in [3.8, 4) is 0 Å². The van der Waals surface area contributed by atoms with E-state index in [2.05, 4.69) is 19.2 Å². The van der Waals surface area contributed by atoms with Gasteiger partial charge in [0.25, 0.3) is 0 Å². The van der Waals surface area contributed by atoms with Crippen LogP contribution in [0.1, 0.15) is 46.0 Å². The lowest BCUT2D eigenvalue weighted by molar-refractivity contribution is 0.102. The van der Waals surface area contributed by atoms with Gasteiger partial charge in [-0.05, 0) is 32.1 Å². The van der Waals surface area contributed by atoms with E-state index in [1.807, 2.05) is 0 Å². The molecule has 0 amide bonds. The number of hydrogen-bond donors (Lipinski definition) is 1. The number of ether oxygens (including phenoxy) is 1. The Bertz CT molecular complexity index is 132. The minimum atomic E-state index is 0.630. The number of hydrogen-bond acceptors (Lipinski definition) is 2. The first-order chi connectivity index (χ1) is 6.83. The largest absolute Gasteiger partial charge is 0.380 e. The number of rotatable bonds is 7. The zero-order valence-electron chi connectivity index (χ0n) is 9.72. The Hall–Kier alpha value is -0.0800. The second-order valence-corrected chi connectivity index (χ2v) is 4.49. The molecular formula is C12H25NO. The molecular weight excluding hydrogens is 174 g/mol. The van der Waals surface area contributed by atoms with E-state index in [4.69, 9.17) is 4.74 Å². The second kappa shape index (κ2) is 7.24. The average molecular weight is 199 g/mol. The predicted molar refractivity (Wildman–Crippen MR) is 60.5 cm³/mol. The van der Waals surface area contributed by atoms with Gasteiger partial charge >= 0.3 is 0 Å². The van der Waals surface area contributed by atoms with Crippen LogP contribution in [-0.4, -0.2) is 25.8 Å². The first kappa shape index (κ1) is 12.0. The molecule has 1 aliphatic carbocycles. The zero-order chi connectivity index (χ0) is 10.2. The Labute approximate surface area is 88.4 Å². The fraction of sp³-hybridized carbons (Fsp3) is 1.00. The molecule has 0 saturated heterocycles. The lowest BCUT2D eigenvalue weighted by Gasteiger charge is -2.13. The lowest BCUT2D eigenvalue weighted by Crippen LogP contribution is -2.29. The van der Waals surface area contributed by atoms with Crippen LogP contribution in [0.5, 0.6) is 0 Å². The van der Waals surface area contributed by atoms with Crippen LogP contribution < -0.4 is 5.32 Å². The quantitative estimate of drug-likeness (QED) is 0.636. The Morgan fingerprint density at radius 2 is 2.07 bits per heavy atom. The van der Waals surface area contributed by atoms with E-state index < -0.39 is 0 Å². The fourth-order valence-corrected chi connectivity index (χ4v) is 1.95. The van der Waals surface area contributed by atoms with E-state index >= 15 is 0 Å². The molecule has 1 fully saturated rings. The lowest BCUT2D eigenvalue weighted by atomic mass is 10.1. The van der Waals surface area contributed by atoms with Crippen LogP contribution in [0.25, 0.3) is 0 Å². The molecule has 2 heteroatoms. The molecule has 0 bridgehead atoms. The topological polar surface area (TPSA) is 21.3 Å². The standard InChI is InChI=1S/C12H25NO/c1-3-11(2)13-8-9-14-10-12-6-4-5-7-12/h11-13H,3-10H2,1-2H3. The maximum atomic E-state index is 5.65. The molecule has 84 valence electrons. The first-order valence-corrected chi connectivity index (χ1v) is 6.14. The maximum absolute atomic E-state index is 5.65. The van der Waals surface area contributed by atoms with Gasteiger partial charge in [-0.2, -0.15) is 0 Å². The van der Waals surface area contributed by atoms with Crippen molar-refractivity contribution in [1.29, 1.82) is 0 Å². The van der Waals surface area contributed by atoms with E-state index in [0.717, 1.165) is 25.7 Å². The summed E-state index contributed by atoms with van der Waals surface area (Å²) in [5, 5.41) is 3.43. The third-order valence-corrected chi connectivity index (χ3v) is 3.18. The van der Waals surface area contributed by atoms with Crippen molar-refractivity contribution in [2.45, 2.75) is 52.0 Å². The van der Waals surface area contributed by atoms with Crippen molar-refractivity contribution >= 4 is 0 Å². The van der Waals surface area contributed by atoms with Gasteiger partial charge in [-0.1, -0.05) is 19.8 Å². The van der Waals surface area contributed by atoms with Gasteiger partial charge in [0, 0.05) is 19.2 Å². The summed E-state index contributed by atoms with van der Waals surface area (Å²) in [7, 11) is 0. The molecule has 14 heavy (non-hydrogen) atoms. The van der Waals surface area contributed by atoms with Crippen LogP contribution in [0.15, 0.2) is 0 Å². The zero-order valence-corrected chi connectivity index (χ0v) is 9.72. The van der Waals surface area contributed by atoms with Crippen LogP contribution in [-0.2, 0) is 4.74 Å². The van der Waals surface area contributed by atoms with Gasteiger partial charge in [-0.3, -0.25) is 0 Å². The molecule has 1 atom stereocenters. The highest BCUT2D eigenvalue weighted by Gasteiger charge is 2.14. The fourth-order valence-electron chi connectivity index (χ4n) is 1.95. The summed E-state index contributed by atoms with van der Waals surface area (Å²) in [5.74, 6) is 0.860. The van der Waals surface area contributed by atoms with Gasteiger partial charge in [-0.25, -0.2) is 0 Å². The third-order valence-electron chi connectivity index (χ3n) is 3.18. The van der Waals surface area contributed by atoms with Gasteiger partial charge in [-0.15, -0.1) is 0 Å². The smallest absolute Gasteiger partial charge is 0.0591 e. The van der Waals surface area contributed by atoms with Gasteiger partial charge in [0.1, 0.15) is 0 Å². The summed E-state index contributed by atoms with van der Waals surface area (Å²) < 4.78 is 5.65. The second-order valence-electron chi connectivity index (χ2n) is 4.49. The van der Waals surface area contributed by atoms with Crippen molar-refractivity contribution in [3.05, 3.63) is 0 Å². The molecule has 1 rings (SSSR count). The highest BCUT2D eigenvalue weighted by Crippen LogP contribution is 2.24. The van der Waals surface area contributed by atoms with E-state index in [-0.39, 0.29) is 0 Å². The highest BCUT2D eigenvalue weighted by molar-refractivity contribution is 4.66. The average Bonchev–Trinajstić information content (AvgIpc) is 2.69. The van der Waals surface area contributed by atoms with Crippen molar-refractivity contribution in [2.75, 3.05) is 19.8 Å². The van der Waals surface area contributed by atoms with Crippen molar-refractivity contribution < 1.29 is 4.74 Å². The highest BCUT2D eigenvalue weighted by atomic mass is 16.5. The van der Waals surface area contributed by atoms with Gasteiger partial charge in [0.2, 0.25) is 0 Å². The van der Waals surface area contributed by atoms with Crippen LogP contribution in [0.2, 0.25) is 0 Å². The van der Waals surface area contributed by atoms with Gasteiger partial charge in [0.15, 0.2) is 0 Å². The van der Waals surface area contributed by atoms with E-state index in [1.165, 1.54) is 32.1 Å². The van der Waals surface area contributed by atoms with Crippen molar-refractivity contribution in [3.63, 3.8) is 0 Å². The summed E-state index contributed by atoms with van der Waals surface area (Å²) in [5.41, 5.74) is 0. The van der Waals surface area contributed by atoms with E-state index in [9.17, 15) is 0 Å². The summed E-state index contributed by atoms with van der Waals surface area (Å²) in [4.78, 5) is 0. The predicted octanol–water partition coefficient (Wildman–Crippen LogP) is 2.58. The molecule has 1 unspecified atom stereocenters. The van der Waals surface area contributed by atoms with E-state index in [0.29, 0.717) is 6.04 Å². The summed E-state index contributed by atoms with van der Waals surface area (Å²) >= 11 is 0. The molecule has 0 aromatic carbocycles. The van der Waals surface area contributed by atoms with Crippen molar-refractivity contribution in [2.24, 2.45) is 5.92 Å². The molecule has 0 aromatic rings. The molecule has 0 radical (unpaired) electrons. The molecule has 1 saturated carbocycles. The minimum absolute atomic E-state index is 0.630. The summed E-state index contributed by atoms with van der Waals surface area (Å²) in [6.07, 6.45) is 6.80. The molecule has 0 spiro atoms. The van der Waals surface area contributed by atoms with Crippen LogP contribution in [0.4, 0.5) is 0 Å². The Morgan fingerprint density at radius 3 is 2.71 bits per heavy atom. The summed E-state index contributed by atoms with van der Waals surface area (Å²) in [6, 6.07) is 0.630. The Morgan fingerprint density at radius 1 is 1.36 bits per heavy atom. The summed E-state index contributed by atoms with van der Waals surface area (Å²) in [6.45, 7) is 7.29. The van der Waals surface area contributed by atoms with E-state index in [1.54, 1.807) is 0 Å². The molecule has 0 aromatic heterocycles. The van der Waals surface area contributed by atoms with Gasteiger partial charge in [0.05, 0.1) is 6.61 Å².